The van der Waals surface area contributed by atoms with Crippen LogP contribution >= 0.6 is 0 Å². The van der Waals surface area contributed by atoms with Gasteiger partial charge in [0.2, 0.25) is 17.8 Å². The van der Waals surface area contributed by atoms with Gasteiger partial charge in [0.05, 0.1) is 16.8 Å². The van der Waals surface area contributed by atoms with Crippen LogP contribution in [-0.2, 0) is 9.59 Å². The third kappa shape index (κ3) is 6.35. The zero-order valence-corrected chi connectivity index (χ0v) is 20.7. The Balaban J connectivity index is 1.55. The van der Waals surface area contributed by atoms with E-state index in [0.29, 0.717) is 49.1 Å². The number of hydrogen-bond donors (Lipinski definition) is 3. The van der Waals surface area contributed by atoms with Gasteiger partial charge in [0.25, 0.3) is 0 Å². The lowest BCUT2D eigenvalue weighted by Gasteiger charge is -2.35. The first kappa shape index (κ1) is 21.7. The van der Waals surface area contributed by atoms with Crippen molar-refractivity contribution in [3.05, 3.63) is 66.9 Å². The van der Waals surface area contributed by atoms with Crippen LogP contribution in [-0.4, -0.2) is 59.9 Å². The number of amides is 2. The predicted octanol–water partition coefficient (Wildman–Crippen LogP) is 4.07. The number of nitrogens with one attached hydrogen (secondary N) is 3. The van der Waals surface area contributed by atoms with Crippen molar-refractivity contribution < 1.29 is 18.4 Å². The molecule has 2 amide bonds. The number of rotatable bonds is 8. The van der Waals surface area contributed by atoms with Gasteiger partial charge >= 0.3 is 0 Å². The molecule has 10 heteroatoms. The highest BCUT2D eigenvalue weighted by Crippen LogP contribution is 2.32. The fourth-order valence-corrected chi connectivity index (χ4v) is 3.93. The molecule has 1 saturated heterocycles. The SMILES string of the molecule is [2H]C([2H])([2H])Oc1cc(N2CCN(C(C)=O)CC2)ccc1Nc1ncc(C)c(Nc2cccc(NC(=O)C=C)c2)n1. The summed E-state index contributed by atoms with van der Waals surface area (Å²) < 4.78 is 28.3. The normalized spacial score (nSPS) is 14.6. The summed E-state index contributed by atoms with van der Waals surface area (Å²) in [5.41, 5.74) is 3.21. The Bertz CT molecular complexity index is 1410. The molecular formula is C27H31N7O3. The van der Waals surface area contributed by atoms with Crippen molar-refractivity contribution in [2.75, 3.05) is 54.1 Å². The van der Waals surface area contributed by atoms with Gasteiger partial charge in [0.15, 0.2) is 0 Å². The van der Waals surface area contributed by atoms with Crippen molar-refractivity contribution in [2.24, 2.45) is 0 Å². The van der Waals surface area contributed by atoms with Crippen LogP contribution in [0.4, 0.5) is 34.5 Å². The van der Waals surface area contributed by atoms with E-state index in [-0.39, 0.29) is 23.5 Å². The largest absolute Gasteiger partial charge is 0.494 e. The molecule has 0 atom stereocenters. The Kier molecular flexibility index (Phi) is 6.69. The second kappa shape index (κ2) is 11.4. The molecule has 0 aliphatic carbocycles. The maximum absolute atomic E-state index is 11.7. The fraction of sp³-hybridized carbons (Fsp3) is 0.259. The van der Waals surface area contributed by atoms with Gasteiger partial charge in [-0.05, 0) is 43.3 Å². The molecule has 0 bridgehead atoms. The van der Waals surface area contributed by atoms with Crippen LogP contribution in [0, 0.1) is 6.92 Å². The first-order chi connectivity index (χ1) is 19.0. The standard InChI is InChI=1S/C27H31N7O3/c1-5-25(36)29-20-7-6-8-21(15-20)30-26-18(2)17-28-27(32-26)31-23-10-9-22(16-24(23)37-4)34-13-11-33(12-14-34)19(3)35/h5-10,15-17H,1,11-14H2,2-4H3,(H,29,36)(H2,28,30,31,32)/i4D3. The van der Waals surface area contributed by atoms with E-state index in [1.165, 1.54) is 6.08 Å². The molecule has 1 aromatic heterocycles. The molecule has 0 saturated carbocycles. The maximum Gasteiger partial charge on any atom is 0.247 e. The molecule has 2 aromatic carbocycles. The van der Waals surface area contributed by atoms with Gasteiger partial charge in [-0.15, -0.1) is 0 Å². The number of carbonyl (C=O) groups excluding carboxylic acids is 2. The van der Waals surface area contributed by atoms with E-state index in [1.54, 1.807) is 48.4 Å². The molecule has 192 valence electrons. The van der Waals surface area contributed by atoms with Crippen LogP contribution in [0.2, 0.25) is 0 Å². The molecule has 0 radical (unpaired) electrons. The van der Waals surface area contributed by atoms with Crippen LogP contribution in [0.15, 0.2) is 61.3 Å². The number of aromatic nitrogens is 2. The highest BCUT2D eigenvalue weighted by Gasteiger charge is 2.20. The molecule has 1 aliphatic rings. The number of nitrogens with zero attached hydrogens (tertiary/aromatic N) is 4. The number of anilines is 6. The summed E-state index contributed by atoms with van der Waals surface area (Å²) in [7, 11) is -2.67. The number of aryl methyl sites for hydroxylation is 1. The zero-order chi connectivity index (χ0) is 28.9. The maximum atomic E-state index is 11.7. The monoisotopic (exact) mass is 504 g/mol. The minimum atomic E-state index is -2.67. The average Bonchev–Trinajstić information content (AvgIpc) is 2.91. The number of piperazine rings is 1. The van der Waals surface area contributed by atoms with E-state index >= 15 is 0 Å². The van der Waals surface area contributed by atoms with E-state index in [9.17, 15) is 9.59 Å². The van der Waals surface area contributed by atoms with Crippen LogP contribution in [0.25, 0.3) is 0 Å². The molecule has 3 N–H and O–H groups in total. The lowest BCUT2D eigenvalue weighted by atomic mass is 10.2. The quantitative estimate of drug-likeness (QED) is 0.394. The molecular weight excluding hydrogens is 470 g/mol. The Morgan fingerprint density at radius 1 is 1.11 bits per heavy atom. The molecule has 2 heterocycles. The highest BCUT2D eigenvalue weighted by atomic mass is 16.5. The zero-order valence-electron chi connectivity index (χ0n) is 23.7. The molecule has 37 heavy (non-hydrogen) atoms. The Morgan fingerprint density at radius 2 is 1.89 bits per heavy atom. The molecule has 10 nitrogen and oxygen atoms in total. The molecule has 1 fully saturated rings. The third-order valence-electron chi connectivity index (χ3n) is 5.96. The second-order valence-electron chi connectivity index (χ2n) is 8.53. The van der Waals surface area contributed by atoms with Crippen molar-refractivity contribution in [1.82, 2.24) is 14.9 Å². The van der Waals surface area contributed by atoms with Crippen molar-refractivity contribution in [2.45, 2.75) is 13.8 Å². The van der Waals surface area contributed by atoms with E-state index < -0.39 is 7.04 Å². The Hall–Kier alpha value is -4.60. The van der Waals surface area contributed by atoms with Crippen LogP contribution in [0.3, 0.4) is 0 Å². The number of ether oxygens (including phenoxy) is 1. The van der Waals surface area contributed by atoms with Crippen molar-refractivity contribution in [3.8, 4) is 5.75 Å². The summed E-state index contributed by atoms with van der Waals surface area (Å²) in [4.78, 5) is 36.1. The van der Waals surface area contributed by atoms with Gasteiger partial charge in [-0.25, -0.2) is 4.98 Å². The van der Waals surface area contributed by atoms with E-state index in [0.717, 1.165) is 11.3 Å². The first-order valence-corrected chi connectivity index (χ1v) is 11.8. The summed E-state index contributed by atoms with van der Waals surface area (Å²) in [5.74, 6) is 0.576. The number of carbonyl (C=O) groups is 2. The average molecular weight is 505 g/mol. The second-order valence-corrected chi connectivity index (χ2v) is 8.53. The van der Waals surface area contributed by atoms with Crippen LogP contribution in [0.5, 0.6) is 5.75 Å². The number of benzene rings is 2. The third-order valence-corrected chi connectivity index (χ3v) is 5.96. The first-order valence-electron chi connectivity index (χ1n) is 13.3. The van der Waals surface area contributed by atoms with Crippen molar-refractivity contribution >= 4 is 46.3 Å². The van der Waals surface area contributed by atoms with E-state index in [2.05, 4.69) is 37.4 Å². The molecule has 3 aromatic rings. The minimum Gasteiger partial charge on any atom is -0.494 e. The van der Waals surface area contributed by atoms with Gasteiger partial charge in [-0.3, -0.25) is 9.59 Å². The Labute approximate surface area is 220 Å². The predicted molar refractivity (Wildman–Crippen MR) is 146 cm³/mol. The Morgan fingerprint density at radius 3 is 2.62 bits per heavy atom. The lowest BCUT2D eigenvalue weighted by molar-refractivity contribution is -0.129. The number of hydrogen-bond acceptors (Lipinski definition) is 8. The van der Waals surface area contributed by atoms with Crippen molar-refractivity contribution in [3.63, 3.8) is 0 Å². The summed E-state index contributed by atoms with van der Waals surface area (Å²) in [5, 5.41) is 9.01. The molecule has 4 rings (SSSR count). The van der Waals surface area contributed by atoms with Crippen molar-refractivity contribution in [1.29, 1.82) is 0 Å². The van der Waals surface area contributed by atoms with Gasteiger partial charge in [0.1, 0.15) is 11.6 Å². The number of methoxy groups -OCH3 is 1. The van der Waals surface area contributed by atoms with Crippen LogP contribution in [0.1, 0.15) is 16.6 Å². The molecule has 0 spiro atoms. The smallest absolute Gasteiger partial charge is 0.247 e. The van der Waals surface area contributed by atoms with Crippen LogP contribution < -0.4 is 25.6 Å². The van der Waals surface area contributed by atoms with E-state index in [4.69, 9.17) is 8.85 Å². The summed E-state index contributed by atoms with van der Waals surface area (Å²) in [6, 6.07) is 12.4. The van der Waals surface area contributed by atoms with Gasteiger partial charge in [0, 0.05) is 68.0 Å². The topological polar surface area (TPSA) is 112 Å². The molecule has 0 unspecified atom stereocenters. The molecule has 1 aliphatic heterocycles. The lowest BCUT2D eigenvalue weighted by Crippen LogP contribution is -2.48. The fourth-order valence-electron chi connectivity index (χ4n) is 3.93. The minimum absolute atomic E-state index is 0.0322. The van der Waals surface area contributed by atoms with Gasteiger partial charge in [-0.2, -0.15) is 4.98 Å². The van der Waals surface area contributed by atoms with E-state index in [1.807, 2.05) is 19.1 Å². The summed E-state index contributed by atoms with van der Waals surface area (Å²) in [6.45, 7) is 9.26. The summed E-state index contributed by atoms with van der Waals surface area (Å²) >= 11 is 0. The van der Waals surface area contributed by atoms with Gasteiger partial charge in [-0.1, -0.05) is 12.6 Å². The van der Waals surface area contributed by atoms with Gasteiger partial charge < -0.3 is 30.5 Å². The summed E-state index contributed by atoms with van der Waals surface area (Å²) in [6.07, 6.45) is 2.83. The highest BCUT2D eigenvalue weighted by molar-refractivity contribution is 5.99.